The molecular weight excluding hydrogens is 276 g/mol. The third-order valence-corrected chi connectivity index (χ3v) is 2.39. The number of nitrogens with one attached hydrogen (secondary N) is 1. The SMILES string of the molecule is CC=CC=C(C)C=NNc1ccc([N+](=O)[O-])cc1[N+](=O)[O-]. The lowest BCUT2D eigenvalue weighted by molar-refractivity contribution is -0.393. The van der Waals surface area contributed by atoms with E-state index in [-0.39, 0.29) is 11.4 Å². The molecule has 0 heterocycles. The highest BCUT2D eigenvalue weighted by Crippen LogP contribution is 2.28. The molecule has 0 radical (unpaired) electrons. The minimum atomic E-state index is -0.701. The van der Waals surface area contributed by atoms with Gasteiger partial charge in [-0.1, -0.05) is 18.2 Å². The topological polar surface area (TPSA) is 111 Å². The zero-order valence-corrected chi connectivity index (χ0v) is 11.5. The van der Waals surface area contributed by atoms with Gasteiger partial charge in [0.05, 0.1) is 22.1 Å². The second-order valence-corrected chi connectivity index (χ2v) is 4.02. The van der Waals surface area contributed by atoms with Gasteiger partial charge < -0.3 is 0 Å². The van der Waals surface area contributed by atoms with Crippen molar-refractivity contribution in [2.24, 2.45) is 5.10 Å². The first kappa shape index (κ1) is 16.0. The molecule has 1 N–H and O–H groups in total. The number of anilines is 1. The fourth-order valence-corrected chi connectivity index (χ4v) is 1.37. The third-order valence-electron chi connectivity index (χ3n) is 2.39. The molecule has 0 atom stereocenters. The highest BCUT2D eigenvalue weighted by molar-refractivity contribution is 5.79. The van der Waals surface area contributed by atoms with Gasteiger partial charge in [0.15, 0.2) is 0 Å². The summed E-state index contributed by atoms with van der Waals surface area (Å²) in [6.45, 7) is 3.69. The van der Waals surface area contributed by atoms with Crippen molar-refractivity contribution in [3.05, 3.63) is 62.2 Å². The highest BCUT2D eigenvalue weighted by Gasteiger charge is 2.18. The van der Waals surface area contributed by atoms with Crippen LogP contribution >= 0.6 is 0 Å². The van der Waals surface area contributed by atoms with Crippen molar-refractivity contribution in [2.45, 2.75) is 13.8 Å². The Morgan fingerprint density at radius 3 is 2.57 bits per heavy atom. The number of nitro groups is 2. The number of allylic oxidation sites excluding steroid dienone is 4. The van der Waals surface area contributed by atoms with E-state index in [1.54, 1.807) is 0 Å². The molecule has 8 heteroatoms. The Bertz CT molecular complexity index is 635. The number of nitro benzene ring substituents is 2. The summed E-state index contributed by atoms with van der Waals surface area (Å²) in [5.41, 5.74) is 2.68. The van der Waals surface area contributed by atoms with Gasteiger partial charge in [0.25, 0.3) is 5.69 Å². The highest BCUT2D eigenvalue weighted by atomic mass is 16.6. The molecule has 0 unspecified atom stereocenters. The molecule has 1 rings (SSSR count). The standard InChI is InChI=1S/C13H14N4O4/c1-3-4-5-10(2)9-14-15-12-7-6-11(16(18)19)8-13(12)17(20)21/h3-9,15H,1-2H3. The van der Waals surface area contributed by atoms with Crippen molar-refractivity contribution in [1.29, 1.82) is 0 Å². The van der Waals surface area contributed by atoms with E-state index >= 15 is 0 Å². The minimum absolute atomic E-state index is 0.0840. The van der Waals surface area contributed by atoms with E-state index in [1.807, 2.05) is 32.1 Å². The fourth-order valence-electron chi connectivity index (χ4n) is 1.37. The lowest BCUT2D eigenvalue weighted by Crippen LogP contribution is -1.98. The molecule has 0 aliphatic rings. The van der Waals surface area contributed by atoms with Crippen LogP contribution < -0.4 is 5.43 Å². The Morgan fingerprint density at radius 2 is 2.00 bits per heavy atom. The summed E-state index contributed by atoms with van der Waals surface area (Å²) < 4.78 is 0. The summed E-state index contributed by atoms with van der Waals surface area (Å²) in [6.07, 6.45) is 6.99. The molecule has 0 saturated carbocycles. The van der Waals surface area contributed by atoms with Gasteiger partial charge in [-0.25, -0.2) is 0 Å². The van der Waals surface area contributed by atoms with Crippen LogP contribution in [0.3, 0.4) is 0 Å². The van der Waals surface area contributed by atoms with Crippen LogP contribution in [0.2, 0.25) is 0 Å². The van der Waals surface area contributed by atoms with Crippen LogP contribution in [0, 0.1) is 20.2 Å². The largest absolute Gasteiger partial charge is 0.301 e. The fraction of sp³-hybridized carbons (Fsp3) is 0.154. The van der Waals surface area contributed by atoms with Crippen LogP contribution in [0.15, 0.2) is 47.1 Å². The second kappa shape index (κ2) is 7.53. The lowest BCUT2D eigenvalue weighted by Gasteiger charge is -2.01. The molecule has 110 valence electrons. The smallest absolute Gasteiger partial charge is 0.272 e. The number of benzene rings is 1. The van der Waals surface area contributed by atoms with Crippen molar-refractivity contribution in [1.82, 2.24) is 0 Å². The molecule has 0 saturated heterocycles. The maximum absolute atomic E-state index is 10.9. The summed E-state index contributed by atoms with van der Waals surface area (Å²) in [5.74, 6) is 0. The Labute approximate surface area is 120 Å². The predicted octanol–water partition coefficient (Wildman–Crippen LogP) is 3.42. The number of rotatable bonds is 6. The predicted molar refractivity (Wildman–Crippen MR) is 80.4 cm³/mol. The monoisotopic (exact) mass is 290 g/mol. The second-order valence-electron chi connectivity index (χ2n) is 4.02. The quantitative estimate of drug-likeness (QED) is 0.373. The molecule has 0 bridgehead atoms. The minimum Gasteiger partial charge on any atom is -0.272 e. The Hall–Kier alpha value is -3.03. The van der Waals surface area contributed by atoms with Crippen LogP contribution in [0.1, 0.15) is 13.8 Å². The maximum atomic E-state index is 10.9. The van der Waals surface area contributed by atoms with Crippen LogP contribution in [-0.4, -0.2) is 16.1 Å². The zero-order chi connectivity index (χ0) is 15.8. The van der Waals surface area contributed by atoms with Crippen molar-refractivity contribution in [2.75, 3.05) is 5.43 Å². The van der Waals surface area contributed by atoms with E-state index in [9.17, 15) is 20.2 Å². The molecule has 0 aliphatic heterocycles. The van der Waals surface area contributed by atoms with Gasteiger partial charge >= 0.3 is 5.69 Å². The van der Waals surface area contributed by atoms with Gasteiger partial charge in [0.2, 0.25) is 0 Å². The van der Waals surface area contributed by atoms with Crippen molar-refractivity contribution in [3.63, 3.8) is 0 Å². The van der Waals surface area contributed by atoms with E-state index in [1.165, 1.54) is 18.3 Å². The van der Waals surface area contributed by atoms with Crippen molar-refractivity contribution < 1.29 is 9.85 Å². The van der Waals surface area contributed by atoms with Gasteiger partial charge in [-0.15, -0.1) is 0 Å². The number of non-ortho nitro benzene ring substituents is 1. The average molecular weight is 290 g/mol. The molecule has 8 nitrogen and oxygen atoms in total. The van der Waals surface area contributed by atoms with E-state index in [0.717, 1.165) is 11.6 Å². The van der Waals surface area contributed by atoms with Gasteiger partial charge in [-0.3, -0.25) is 25.7 Å². The third kappa shape index (κ3) is 4.86. The summed E-state index contributed by atoms with van der Waals surface area (Å²) >= 11 is 0. The summed E-state index contributed by atoms with van der Waals surface area (Å²) in [5, 5.41) is 25.4. The molecule has 0 aromatic heterocycles. The molecule has 21 heavy (non-hydrogen) atoms. The zero-order valence-electron chi connectivity index (χ0n) is 11.5. The lowest BCUT2D eigenvalue weighted by atomic mass is 10.2. The van der Waals surface area contributed by atoms with E-state index in [2.05, 4.69) is 10.5 Å². The van der Waals surface area contributed by atoms with E-state index < -0.39 is 15.5 Å². The molecule has 0 spiro atoms. The molecule has 1 aromatic rings. The molecule has 1 aromatic carbocycles. The average Bonchev–Trinajstić information content (AvgIpc) is 2.44. The Balaban J connectivity index is 2.96. The first-order valence-electron chi connectivity index (χ1n) is 5.97. The number of hydrazone groups is 1. The van der Waals surface area contributed by atoms with Gasteiger partial charge in [0, 0.05) is 6.07 Å². The van der Waals surface area contributed by atoms with Gasteiger partial charge in [-0.2, -0.15) is 5.10 Å². The van der Waals surface area contributed by atoms with Crippen molar-refractivity contribution in [3.8, 4) is 0 Å². The van der Waals surface area contributed by atoms with Gasteiger partial charge in [0.1, 0.15) is 5.69 Å². The molecule has 0 amide bonds. The molecule has 0 fully saturated rings. The van der Waals surface area contributed by atoms with Crippen molar-refractivity contribution >= 4 is 23.3 Å². The number of nitrogens with zero attached hydrogens (tertiary/aromatic N) is 3. The molecule has 0 aliphatic carbocycles. The van der Waals surface area contributed by atoms with Gasteiger partial charge in [-0.05, 0) is 25.5 Å². The normalized spacial score (nSPS) is 12.0. The number of hydrogen-bond acceptors (Lipinski definition) is 6. The number of hydrogen-bond donors (Lipinski definition) is 1. The summed E-state index contributed by atoms with van der Waals surface area (Å²) in [4.78, 5) is 20.1. The first-order valence-corrected chi connectivity index (χ1v) is 5.97. The maximum Gasteiger partial charge on any atom is 0.301 e. The van der Waals surface area contributed by atoms with Crippen LogP contribution in [0.4, 0.5) is 17.1 Å². The summed E-state index contributed by atoms with van der Waals surface area (Å²) in [6, 6.07) is 3.31. The first-order chi connectivity index (χ1) is 9.95. The van der Waals surface area contributed by atoms with Crippen LogP contribution in [-0.2, 0) is 0 Å². The van der Waals surface area contributed by atoms with E-state index in [0.29, 0.717) is 0 Å². The Kier molecular flexibility index (Phi) is 5.75. The van der Waals surface area contributed by atoms with E-state index in [4.69, 9.17) is 0 Å². The Morgan fingerprint density at radius 1 is 1.29 bits per heavy atom. The molecular formula is C13H14N4O4. The summed E-state index contributed by atoms with van der Waals surface area (Å²) in [7, 11) is 0. The van der Waals surface area contributed by atoms with Crippen LogP contribution in [0.25, 0.3) is 0 Å². The van der Waals surface area contributed by atoms with Crippen LogP contribution in [0.5, 0.6) is 0 Å².